The van der Waals surface area contributed by atoms with Gasteiger partial charge in [-0.3, -0.25) is 4.79 Å². The maximum atomic E-state index is 11.9. The first-order valence-electron chi connectivity index (χ1n) is 7.21. The highest BCUT2D eigenvalue weighted by atomic mass is 16.1. The van der Waals surface area contributed by atoms with Crippen LogP contribution in [0.4, 0.5) is 0 Å². The number of nitrogens with one attached hydrogen (secondary N) is 1. The lowest BCUT2D eigenvalue weighted by Crippen LogP contribution is -2.40. The largest absolute Gasteiger partial charge is 0.350 e. The summed E-state index contributed by atoms with van der Waals surface area (Å²) in [4.78, 5) is 11.9. The van der Waals surface area contributed by atoms with Crippen LogP contribution >= 0.6 is 0 Å². The van der Waals surface area contributed by atoms with Gasteiger partial charge in [0.1, 0.15) is 0 Å². The standard InChI is InChI=1S/C17H23NO/c1-13-7-3-5-9-15(13)11-12-17(19)18-16-10-6-4-8-14(16)2/h3,5,7,9,11-12,14,16H,4,6,8,10H2,1-2H3,(H,18,19)/b12-11+/t14-,16+/m0/s1. The molecule has 1 aromatic carbocycles. The van der Waals surface area contributed by atoms with E-state index in [4.69, 9.17) is 0 Å². The van der Waals surface area contributed by atoms with Gasteiger partial charge in [-0.2, -0.15) is 0 Å². The molecule has 2 heteroatoms. The van der Waals surface area contributed by atoms with Crippen LogP contribution < -0.4 is 5.32 Å². The van der Waals surface area contributed by atoms with E-state index in [9.17, 15) is 4.79 Å². The summed E-state index contributed by atoms with van der Waals surface area (Å²) in [6.45, 7) is 4.29. The van der Waals surface area contributed by atoms with E-state index >= 15 is 0 Å². The average Bonchev–Trinajstić information content (AvgIpc) is 2.40. The van der Waals surface area contributed by atoms with Gasteiger partial charge in [0.05, 0.1) is 0 Å². The molecule has 0 aliphatic heterocycles. The van der Waals surface area contributed by atoms with E-state index in [0.717, 1.165) is 12.0 Å². The van der Waals surface area contributed by atoms with Crippen LogP contribution in [0.15, 0.2) is 30.3 Å². The molecule has 0 unspecified atom stereocenters. The molecule has 2 rings (SSSR count). The van der Waals surface area contributed by atoms with E-state index in [0.29, 0.717) is 12.0 Å². The zero-order valence-electron chi connectivity index (χ0n) is 11.9. The lowest BCUT2D eigenvalue weighted by atomic mass is 9.86. The molecule has 102 valence electrons. The molecule has 0 heterocycles. The Morgan fingerprint density at radius 2 is 2.00 bits per heavy atom. The van der Waals surface area contributed by atoms with Crippen molar-refractivity contribution in [1.82, 2.24) is 5.32 Å². The zero-order chi connectivity index (χ0) is 13.7. The maximum absolute atomic E-state index is 11.9. The van der Waals surface area contributed by atoms with Gasteiger partial charge in [0.2, 0.25) is 5.91 Å². The molecule has 2 atom stereocenters. The molecule has 1 amide bonds. The van der Waals surface area contributed by atoms with Gasteiger partial charge in [0.25, 0.3) is 0 Å². The second-order valence-electron chi connectivity index (χ2n) is 5.57. The van der Waals surface area contributed by atoms with Crippen LogP contribution in [-0.2, 0) is 4.79 Å². The lowest BCUT2D eigenvalue weighted by molar-refractivity contribution is -0.117. The van der Waals surface area contributed by atoms with Gasteiger partial charge < -0.3 is 5.32 Å². The monoisotopic (exact) mass is 257 g/mol. The minimum atomic E-state index is 0.0296. The molecule has 0 saturated heterocycles. The first-order valence-corrected chi connectivity index (χ1v) is 7.21. The van der Waals surface area contributed by atoms with E-state index in [1.165, 1.54) is 24.8 Å². The molecular weight excluding hydrogens is 234 g/mol. The second-order valence-corrected chi connectivity index (χ2v) is 5.57. The third-order valence-electron chi connectivity index (χ3n) is 4.04. The first kappa shape index (κ1) is 13.9. The summed E-state index contributed by atoms with van der Waals surface area (Å²) in [7, 11) is 0. The second kappa shape index (κ2) is 6.55. The van der Waals surface area contributed by atoms with Gasteiger partial charge in [-0.05, 0) is 42.9 Å². The molecule has 1 saturated carbocycles. The maximum Gasteiger partial charge on any atom is 0.244 e. The summed E-state index contributed by atoms with van der Waals surface area (Å²) in [6, 6.07) is 8.44. The molecule has 1 aromatic rings. The topological polar surface area (TPSA) is 29.1 Å². The van der Waals surface area contributed by atoms with Gasteiger partial charge in [-0.15, -0.1) is 0 Å². The van der Waals surface area contributed by atoms with Crippen molar-refractivity contribution >= 4 is 12.0 Å². The lowest BCUT2D eigenvalue weighted by Gasteiger charge is -2.29. The summed E-state index contributed by atoms with van der Waals surface area (Å²) in [5.41, 5.74) is 2.30. The number of amides is 1. The minimum Gasteiger partial charge on any atom is -0.350 e. The van der Waals surface area contributed by atoms with Crippen LogP contribution in [0.1, 0.15) is 43.7 Å². The van der Waals surface area contributed by atoms with E-state index in [2.05, 4.69) is 25.2 Å². The van der Waals surface area contributed by atoms with E-state index in [-0.39, 0.29) is 5.91 Å². The van der Waals surface area contributed by atoms with E-state index < -0.39 is 0 Å². The van der Waals surface area contributed by atoms with E-state index in [1.807, 2.05) is 24.3 Å². The Bertz CT molecular complexity index is 464. The molecule has 0 bridgehead atoms. The number of hydrogen-bond donors (Lipinski definition) is 1. The highest BCUT2D eigenvalue weighted by Gasteiger charge is 2.21. The Morgan fingerprint density at radius 1 is 1.26 bits per heavy atom. The first-order chi connectivity index (χ1) is 9.16. The average molecular weight is 257 g/mol. The molecule has 0 radical (unpaired) electrons. The van der Waals surface area contributed by atoms with Gasteiger partial charge in [-0.1, -0.05) is 44.0 Å². The SMILES string of the molecule is Cc1ccccc1/C=C/C(=O)N[C@@H]1CCCC[C@@H]1C. The normalized spacial score (nSPS) is 23.5. The molecule has 19 heavy (non-hydrogen) atoms. The molecule has 0 spiro atoms. The van der Waals surface area contributed by atoms with Crippen molar-refractivity contribution in [3.8, 4) is 0 Å². The summed E-state index contributed by atoms with van der Waals surface area (Å²) in [5, 5.41) is 3.13. The van der Waals surface area contributed by atoms with Crippen LogP contribution in [0.25, 0.3) is 6.08 Å². The van der Waals surface area contributed by atoms with Crippen molar-refractivity contribution in [2.75, 3.05) is 0 Å². The number of benzene rings is 1. The van der Waals surface area contributed by atoms with Gasteiger partial charge in [-0.25, -0.2) is 0 Å². The number of aryl methyl sites for hydroxylation is 1. The van der Waals surface area contributed by atoms with Crippen molar-refractivity contribution < 1.29 is 4.79 Å². The Morgan fingerprint density at radius 3 is 2.74 bits per heavy atom. The summed E-state index contributed by atoms with van der Waals surface area (Å²) in [6.07, 6.45) is 8.43. The van der Waals surface area contributed by atoms with Crippen LogP contribution in [0, 0.1) is 12.8 Å². The molecule has 1 aliphatic rings. The van der Waals surface area contributed by atoms with Gasteiger partial charge >= 0.3 is 0 Å². The number of hydrogen-bond acceptors (Lipinski definition) is 1. The minimum absolute atomic E-state index is 0.0296. The van der Waals surface area contributed by atoms with Crippen LogP contribution in [0.3, 0.4) is 0 Å². The van der Waals surface area contributed by atoms with Crippen LogP contribution in [0.5, 0.6) is 0 Å². The highest BCUT2D eigenvalue weighted by Crippen LogP contribution is 2.23. The van der Waals surface area contributed by atoms with Gasteiger partial charge in [0.15, 0.2) is 0 Å². The predicted molar refractivity (Wildman–Crippen MR) is 79.8 cm³/mol. The predicted octanol–water partition coefficient (Wildman–Crippen LogP) is 3.70. The third kappa shape index (κ3) is 3.95. The van der Waals surface area contributed by atoms with E-state index in [1.54, 1.807) is 6.08 Å². The molecule has 0 aromatic heterocycles. The van der Waals surface area contributed by atoms with Crippen molar-refractivity contribution in [1.29, 1.82) is 0 Å². The summed E-state index contributed by atoms with van der Waals surface area (Å²) >= 11 is 0. The summed E-state index contributed by atoms with van der Waals surface area (Å²) in [5.74, 6) is 0.631. The fourth-order valence-electron chi connectivity index (χ4n) is 2.70. The highest BCUT2D eigenvalue weighted by molar-refractivity contribution is 5.92. The third-order valence-corrected chi connectivity index (χ3v) is 4.04. The fourth-order valence-corrected chi connectivity index (χ4v) is 2.70. The number of rotatable bonds is 3. The molecule has 2 nitrogen and oxygen atoms in total. The number of carbonyl (C=O) groups excluding carboxylic acids is 1. The van der Waals surface area contributed by atoms with Crippen LogP contribution in [-0.4, -0.2) is 11.9 Å². The van der Waals surface area contributed by atoms with Gasteiger partial charge in [0, 0.05) is 12.1 Å². The van der Waals surface area contributed by atoms with Crippen molar-refractivity contribution in [2.45, 2.75) is 45.6 Å². The quantitative estimate of drug-likeness (QED) is 0.822. The Kier molecular flexibility index (Phi) is 4.78. The summed E-state index contributed by atoms with van der Waals surface area (Å²) < 4.78 is 0. The fraction of sp³-hybridized carbons (Fsp3) is 0.471. The zero-order valence-corrected chi connectivity index (χ0v) is 11.9. The molecule has 1 N–H and O–H groups in total. The Balaban J connectivity index is 1.92. The molecular formula is C17H23NO. The van der Waals surface area contributed by atoms with Crippen LogP contribution in [0.2, 0.25) is 0 Å². The molecule has 1 aliphatic carbocycles. The van der Waals surface area contributed by atoms with Crippen molar-refractivity contribution in [3.05, 3.63) is 41.5 Å². The Labute approximate surface area is 115 Å². The molecule has 1 fully saturated rings. The van der Waals surface area contributed by atoms with Crippen molar-refractivity contribution in [3.63, 3.8) is 0 Å². The smallest absolute Gasteiger partial charge is 0.244 e. The van der Waals surface area contributed by atoms with Crippen molar-refractivity contribution in [2.24, 2.45) is 5.92 Å². The Hall–Kier alpha value is -1.57. The number of carbonyl (C=O) groups is 1.